The number of ether oxygens (including phenoxy) is 1. The third-order valence-electron chi connectivity index (χ3n) is 3.88. The molecule has 116 valence electrons. The first-order chi connectivity index (χ1) is 11.6. The molecule has 0 saturated heterocycles. The lowest BCUT2D eigenvalue weighted by atomic mass is 10.0. The van der Waals surface area contributed by atoms with Crippen LogP contribution in [0.3, 0.4) is 0 Å². The standard InChI is InChI=1S/C18H10N2O4/c19-7-9-2-1-3-12-16(9)10(8-20-12)4-15-18(23)17-13(22)5-11(21)6-14(17)24-15/h1-6,8,20-22H/b15-4+. The molecule has 0 saturated carbocycles. The summed E-state index contributed by atoms with van der Waals surface area (Å²) in [5.41, 5.74) is 1.88. The molecular weight excluding hydrogens is 308 g/mol. The summed E-state index contributed by atoms with van der Waals surface area (Å²) < 4.78 is 5.47. The van der Waals surface area contributed by atoms with Gasteiger partial charge in [0.2, 0.25) is 5.78 Å². The summed E-state index contributed by atoms with van der Waals surface area (Å²) in [5, 5.41) is 29.3. The molecule has 24 heavy (non-hydrogen) atoms. The largest absolute Gasteiger partial charge is 0.508 e. The number of nitrogens with zero attached hydrogens (tertiary/aromatic N) is 1. The number of rotatable bonds is 1. The first-order valence-corrected chi connectivity index (χ1v) is 7.09. The number of benzene rings is 2. The van der Waals surface area contributed by atoms with E-state index in [1.54, 1.807) is 18.3 Å². The van der Waals surface area contributed by atoms with Crippen molar-refractivity contribution in [2.24, 2.45) is 0 Å². The summed E-state index contributed by atoms with van der Waals surface area (Å²) in [6.07, 6.45) is 3.19. The van der Waals surface area contributed by atoms with Crippen molar-refractivity contribution < 1.29 is 19.7 Å². The lowest BCUT2D eigenvalue weighted by Crippen LogP contribution is -1.98. The highest BCUT2D eigenvalue weighted by Gasteiger charge is 2.31. The lowest BCUT2D eigenvalue weighted by Gasteiger charge is -2.00. The van der Waals surface area contributed by atoms with E-state index in [-0.39, 0.29) is 28.6 Å². The maximum Gasteiger partial charge on any atom is 0.235 e. The van der Waals surface area contributed by atoms with Crippen LogP contribution in [-0.2, 0) is 0 Å². The molecule has 4 rings (SSSR count). The fourth-order valence-corrected chi connectivity index (χ4v) is 2.84. The SMILES string of the molecule is N#Cc1cccc2[nH]cc(/C=C3/Oc4cc(O)cc(O)c4C3=O)c12. The Morgan fingerprint density at radius 2 is 2.08 bits per heavy atom. The second-order valence-corrected chi connectivity index (χ2v) is 5.36. The van der Waals surface area contributed by atoms with Gasteiger partial charge in [0.15, 0.2) is 5.76 Å². The Morgan fingerprint density at radius 3 is 2.88 bits per heavy atom. The fourth-order valence-electron chi connectivity index (χ4n) is 2.84. The van der Waals surface area contributed by atoms with Gasteiger partial charge in [0.25, 0.3) is 0 Å². The fraction of sp³-hybridized carbons (Fsp3) is 0. The van der Waals surface area contributed by atoms with E-state index in [9.17, 15) is 20.3 Å². The van der Waals surface area contributed by atoms with Crippen molar-refractivity contribution in [3.63, 3.8) is 0 Å². The number of Topliss-reactive ketones (excluding diaryl/α,β-unsaturated/α-hetero) is 1. The molecule has 3 aromatic rings. The van der Waals surface area contributed by atoms with Crippen LogP contribution in [0.15, 0.2) is 42.3 Å². The number of phenolic OH excluding ortho intramolecular Hbond substituents is 2. The zero-order chi connectivity index (χ0) is 16.8. The molecule has 0 bridgehead atoms. The second-order valence-electron chi connectivity index (χ2n) is 5.36. The van der Waals surface area contributed by atoms with E-state index in [0.717, 1.165) is 11.6 Å². The van der Waals surface area contributed by atoms with Crippen LogP contribution in [0.5, 0.6) is 17.2 Å². The van der Waals surface area contributed by atoms with Gasteiger partial charge >= 0.3 is 0 Å². The lowest BCUT2D eigenvalue weighted by molar-refractivity contribution is 0.101. The molecule has 1 aliphatic heterocycles. The molecule has 2 heterocycles. The summed E-state index contributed by atoms with van der Waals surface area (Å²) in [7, 11) is 0. The molecule has 3 N–H and O–H groups in total. The van der Waals surface area contributed by atoms with Crippen LogP contribution in [0.1, 0.15) is 21.5 Å². The van der Waals surface area contributed by atoms with Gasteiger partial charge in [-0.2, -0.15) is 5.26 Å². The molecule has 6 heteroatoms. The van der Waals surface area contributed by atoms with Gasteiger partial charge < -0.3 is 19.9 Å². The van der Waals surface area contributed by atoms with Gasteiger partial charge in [-0.1, -0.05) is 6.07 Å². The molecule has 0 amide bonds. The number of aromatic amines is 1. The van der Waals surface area contributed by atoms with Crippen molar-refractivity contribution in [2.45, 2.75) is 0 Å². The van der Waals surface area contributed by atoms with E-state index in [1.165, 1.54) is 12.1 Å². The van der Waals surface area contributed by atoms with Crippen molar-refractivity contribution in [1.29, 1.82) is 5.26 Å². The molecule has 0 radical (unpaired) electrons. The Kier molecular flexibility index (Phi) is 2.84. The monoisotopic (exact) mass is 318 g/mol. The van der Waals surface area contributed by atoms with E-state index >= 15 is 0 Å². The molecule has 0 fully saturated rings. The van der Waals surface area contributed by atoms with Gasteiger partial charge in [0.05, 0.1) is 11.6 Å². The minimum Gasteiger partial charge on any atom is -0.508 e. The second kappa shape index (κ2) is 4.89. The minimum atomic E-state index is -0.480. The summed E-state index contributed by atoms with van der Waals surface area (Å²) >= 11 is 0. The topological polar surface area (TPSA) is 106 Å². The van der Waals surface area contributed by atoms with Crippen molar-refractivity contribution >= 4 is 22.8 Å². The number of H-pyrrole nitrogens is 1. The quantitative estimate of drug-likeness (QED) is 0.598. The van der Waals surface area contributed by atoms with Gasteiger partial charge in [-0.05, 0) is 18.2 Å². The highest BCUT2D eigenvalue weighted by molar-refractivity contribution is 6.16. The number of hydrogen-bond acceptors (Lipinski definition) is 5. The molecule has 1 aromatic heterocycles. The van der Waals surface area contributed by atoms with E-state index in [1.807, 2.05) is 6.07 Å². The highest BCUT2D eigenvalue weighted by atomic mass is 16.5. The smallest absolute Gasteiger partial charge is 0.235 e. The summed E-state index contributed by atoms with van der Waals surface area (Å²) in [6.45, 7) is 0. The number of nitrogens with one attached hydrogen (secondary N) is 1. The number of hydrogen-bond donors (Lipinski definition) is 3. The maximum atomic E-state index is 12.4. The number of carbonyl (C=O) groups excluding carboxylic acids is 1. The van der Waals surface area contributed by atoms with Gasteiger partial charge in [-0.25, -0.2) is 0 Å². The molecule has 0 unspecified atom stereocenters. The minimum absolute atomic E-state index is 0.0133. The van der Waals surface area contributed by atoms with Crippen molar-refractivity contribution in [3.8, 4) is 23.3 Å². The molecule has 2 aromatic carbocycles. The van der Waals surface area contributed by atoms with E-state index in [2.05, 4.69) is 11.1 Å². The van der Waals surface area contributed by atoms with Gasteiger partial charge in [-0.15, -0.1) is 0 Å². The van der Waals surface area contributed by atoms with E-state index < -0.39 is 5.78 Å². The summed E-state index contributed by atoms with van der Waals surface area (Å²) in [6, 6.07) is 9.75. The van der Waals surface area contributed by atoms with Crippen molar-refractivity contribution in [2.75, 3.05) is 0 Å². The Balaban J connectivity index is 1.86. The average Bonchev–Trinajstić information content (AvgIpc) is 3.09. The molecule has 0 spiro atoms. The predicted molar refractivity (Wildman–Crippen MR) is 85.7 cm³/mol. The van der Waals surface area contributed by atoms with Crippen LogP contribution in [0, 0.1) is 11.3 Å². The predicted octanol–water partition coefficient (Wildman–Crippen LogP) is 3.07. The Labute approximate surface area is 135 Å². The van der Waals surface area contributed by atoms with Crippen molar-refractivity contribution in [3.05, 3.63) is 59.0 Å². The van der Waals surface area contributed by atoms with E-state index in [0.29, 0.717) is 16.5 Å². The van der Waals surface area contributed by atoms with Crippen LogP contribution in [0.25, 0.3) is 17.0 Å². The Morgan fingerprint density at radius 1 is 1.25 bits per heavy atom. The number of aromatic hydroxyl groups is 2. The van der Waals surface area contributed by atoms with E-state index in [4.69, 9.17) is 4.74 Å². The van der Waals surface area contributed by atoms with Crippen LogP contribution in [0.4, 0.5) is 0 Å². The number of fused-ring (bicyclic) bond motifs is 2. The normalized spacial score (nSPS) is 14.6. The van der Waals surface area contributed by atoms with Crippen LogP contribution in [-0.4, -0.2) is 21.0 Å². The molecule has 0 aliphatic carbocycles. The number of aromatic nitrogens is 1. The molecule has 0 atom stereocenters. The molecule has 1 aliphatic rings. The zero-order valence-electron chi connectivity index (χ0n) is 12.2. The summed E-state index contributed by atoms with van der Waals surface area (Å²) in [5.74, 6) is -0.899. The van der Waals surface area contributed by atoms with Gasteiger partial charge in [-0.3, -0.25) is 4.79 Å². The van der Waals surface area contributed by atoms with Crippen LogP contribution in [0.2, 0.25) is 0 Å². The third-order valence-corrected chi connectivity index (χ3v) is 3.88. The molecule has 6 nitrogen and oxygen atoms in total. The number of ketones is 1. The van der Waals surface area contributed by atoms with Gasteiger partial charge in [0, 0.05) is 34.8 Å². The third kappa shape index (κ3) is 1.92. The first-order valence-electron chi connectivity index (χ1n) is 7.09. The Hall–Kier alpha value is -3.72. The average molecular weight is 318 g/mol. The number of allylic oxidation sites excluding steroid dienone is 1. The van der Waals surface area contributed by atoms with Crippen LogP contribution >= 0.6 is 0 Å². The molecular formula is C18H10N2O4. The highest BCUT2D eigenvalue weighted by Crippen LogP contribution is 2.41. The number of phenols is 2. The zero-order valence-corrected chi connectivity index (χ0v) is 12.2. The Bertz CT molecular complexity index is 1090. The number of nitriles is 1. The van der Waals surface area contributed by atoms with Crippen molar-refractivity contribution in [1.82, 2.24) is 4.98 Å². The number of carbonyl (C=O) groups is 1. The first kappa shape index (κ1) is 13.9. The van der Waals surface area contributed by atoms with Crippen LogP contribution < -0.4 is 4.74 Å². The maximum absolute atomic E-state index is 12.4. The summed E-state index contributed by atoms with van der Waals surface area (Å²) in [4.78, 5) is 15.5. The van der Waals surface area contributed by atoms with Gasteiger partial charge in [0.1, 0.15) is 22.8 Å².